The van der Waals surface area contributed by atoms with Gasteiger partial charge in [-0.15, -0.1) is 0 Å². The van der Waals surface area contributed by atoms with Gasteiger partial charge in [-0.25, -0.2) is 0 Å². The number of methoxy groups -OCH3 is 2. The SMILES string of the molecule is COc1ccc(OC)c(CNCCC(=O)NC2CC2)c1. The summed E-state index contributed by atoms with van der Waals surface area (Å²) < 4.78 is 10.5. The monoisotopic (exact) mass is 278 g/mol. The Hall–Kier alpha value is -1.75. The summed E-state index contributed by atoms with van der Waals surface area (Å²) in [5.41, 5.74) is 1.02. The number of ether oxygens (including phenoxy) is 2. The van der Waals surface area contributed by atoms with Crippen LogP contribution in [0.2, 0.25) is 0 Å². The van der Waals surface area contributed by atoms with E-state index in [1.165, 1.54) is 0 Å². The molecule has 1 aliphatic rings. The molecule has 2 rings (SSSR count). The largest absolute Gasteiger partial charge is 0.497 e. The highest BCUT2D eigenvalue weighted by Gasteiger charge is 2.22. The Labute approximate surface area is 119 Å². The molecule has 0 heterocycles. The van der Waals surface area contributed by atoms with Gasteiger partial charge in [-0.1, -0.05) is 0 Å². The second-order valence-electron chi connectivity index (χ2n) is 4.95. The molecule has 0 atom stereocenters. The molecule has 0 aromatic heterocycles. The molecule has 1 aromatic rings. The fourth-order valence-electron chi connectivity index (χ4n) is 1.97. The van der Waals surface area contributed by atoms with Crippen LogP contribution in [0.3, 0.4) is 0 Å². The van der Waals surface area contributed by atoms with Gasteiger partial charge in [0.1, 0.15) is 11.5 Å². The van der Waals surface area contributed by atoms with Gasteiger partial charge in [-0.2, -0.15) is 0 Å². The van der Waals surface area contributed by atoms with Crippen molar-refractivity contribution in [3.05, 3.63) is 23.8 Å². The summed E-state index contributed by atoms with van der Waals surface area (Å²) in [4.78, 5) is 11.5. The molecule has 1 aromatic carbocycles. The van der Waals surface area contributed by atoms with E-state index in [1.807, 2.05) is 18.2 Å². The minimum Gasteiger partial charge on any atom is -0.497 e. The van der Waals surface area contributed by atoms with Crippen LogP contribution < -0.4 is 20.1 Å². The van der Waals surface area contributed by atoms with Crippen LogP contribution in [0.15, 0.2) is 18.2 Å². The Balaban J connectivity index is 1.75. The molecule has 0 saturated heterocycles. The first-order chi connectivity index (χ1) is 9.72. The zero-order chi connectivity index (χ0) is 14.4. The predicted molar refractivity (Wildman–Crippen MR) is 77.0 cm³/mol. The quantitative estimate of drug-likeness (QED) is 0.707. The summed E-state index contributed by atoms with van der Waals surface area (Å²) in [5.74, 6) is 1.74. The van der Waals surface area contributed by atoms with Crippen molar-refractivity contribution in [3.63, 3.8) is 0 Å². The minimum absolute atomic E-state index is 0.123. The van der Waals surface area contributed by atoms with Crippen molar-refractivity contribution < 1.29 is 14.3 Å². The maximum absolute atomic E-state index is 11.5. The highest BCUT2D eigenvalue weighted by atomic mass is 16.5. The fraction of sp³-hybridized carbons (Fsp3) is 0.533. The molecule has 5 heteroatoms. The van der Waals surface area contributed by atoms with Gasteiger partial charge in [0.15, 0.2) is 0 Å². The lowest BCUT2D eigenvalue weighted by molar-refractivity contribution is -0.121. The van der Waals surface area contributed by atoms with E-state index < -0.39 is 0 Å². The van der Waals surface area contributed by atoms with Crippen molar-refractivity contribution in [2.45, 2.75) is 31.8 Å². The summed E-state index contributed by atoms with van der Waals surface area (Å²) in [5, 5.41) is 6.23. The van der Waals surface area contributed by atoms with Crippen LogP contribution in [-0.2, 0) is 11.3 Å². The fourth-order valence-corrected chi connectivity index (χ4v) is 1.97. The molecule has 1 aliphatic carbocycles. The molecular weight excluding hydrogens is 256 g/mol. The van der Waals surface area contributed by atoms with Gasteiger partial charge in [0, 0.05) is 31.1 Å². The highest BCUT2D eigenvalue weighted by molar-refractivity contribution is 5.76. The van der Waals surface area contributed by atoms with Gasteiger partial charge in [-0.3, -0.25) is 4.79 Å². The summed E-state index contributed by atoms with van der Waals surface area (Å²) in [6, 6.07) is 6.12. The van der Waals surface area contributed by atoms with Gasteiger partial charge < -0.3 is 20.1 Å². The summed E-state index contributed by atoms with van der Waals surface area (Å²) in [6.07, 6.45) is 2.75. The van der Waals surface area contributed by atoms with Crippen LogP contribution in [0.1, 0.15) is 24.8 Å². The van der Waals surface area contributed by atoms with Gasteiger partial charge in [-0.05, 0) is 31.0 Å². The maximum Gasteiger partial charge on any atom is 0.221 e. The minimum atomic E-state index is 0.123. The van der Waals surface area contributed by atoms with E-state index >= 15 is 0 Å². The van der Waals surface area contributed by atoms with Crippen molar-refractivity contribution in [2.24, 2.45) is 0 Å². The third-order valence-electron chi connectivity index (χ3n) is 3.27. The second-order valence-corrected chi connectivity index (χ2v) is 4.95. The third kappa shape index (κ3) is 4.42. The summed E-state index contributed by atoms with van der Waals surface area (Å²) >= 11 is 0. The van der Waals surface area contributed by atoms with Crippen LogP contribution in [-0.4, -0.2) is 32.7 Å². The molecule has 0 aliphatic heterocycles. The van der Waals surface area contributed by atoms with Gasteiger partial charge >= 0.3 is 0 Å². The Morgan fingerprint density at radius 1 is 1.30 bits per heavy atom. The van der Waals surface area contributed by atoms with E-state index in [2.05, 4.69) is 10.6 Å². The van der Waals surface area contributed by atoms with E-state index in [9.17, 15) is 4.79 Å². The van der Waals surface area contributed by atoms with Crippen LogP contribution in [0.5, 0.6) is 11.5 Å². The molecule has 1 saturated carbocycles. The van der Waals surface area contributed by atoms with Crippen molar-refractivity contribution >= 4 is 5.91 Å². The molecule has 5 nitrogen and oxygen atoms in total. The number of hydrogen-bond acceptors (Lipinski definition) is 4. The first kappa shape index (κ1) is 14.7. The standard InChI is InChI=1S/C15H22N2O3/c1-19-13-5-6-14(20-2)11(9-13)10-16-8-7-15(18)17-12-3-4-12/h5-6,9,12,16H,3-4,7-8,10H2,1-2H3,(H,17,18). The Morgan fingerprint density at radius 3 is 2.75 bits per heavy atom. The lowest BCUT2D eigenvalue weighted by Gasteiger charge is -2.11. The molecule has 0 bridgehead atoms. The normalized spacial score (nSPS) is 13.9. The molecule has 1 amide bonds. The molecule has 1 fully saturated rings. The predicted octanol–water partition coefficient (Wildman–Crippen LogP) is 1.46. The molecule has 20 heavy (non-hydrogen) atoms. The molecule has 2 N–H and O–H groups in total. The van der Waals surface area contributed by atoms with E-state index in [0.717, 1.165) is 29.9 Å². The topological polar surface area (TPSA) is 59.6 Å². The Kier molecular flexibility index (Phi) is 5.24. The van der Waals surface area contributed by atoms with Crippen molar-refractivity contribution in [2.75, 3.05) is 20.8 Å². The van der Waals surface area contributed by atoms with Crippen LogP contribution >= 0.6 is 0 Å². The third-order valence-corrected chi connectivity index (χ3v) is 3.27. The van der Waals surface area contributed by atoms with Gasteiger partial charge in [0.25, 0.3) is 0 Å². The first-order valence-corrected chi connectivity index (χ1v) is 6.94. The van der Waals surface area contributed by atoms with Crippen LogP contribution in [0, 0.1) is 0 Å². The number of amides is 1. The van der Waals surface area contributed by atoms with Crippen molar-refractivity contribution in [3.8, 4) is 11.5 Å². The number of hydrogen-bond donors (Lipinski definition) is 2. The number of benzene rings is 1. The van der Waals surface area contributed by atoms with E-state index in [0.29, 0.717) is 25.6 Å². The number of carbonyl (C=O) groups excluding carboxylic acids is 1. The lowest BCUT2D eigenvalue weighted by atomic mass is 10.2. The number of nitrogens with one attached hydrogen (secondary N) is 2. The Bertz CT molecular complexity index is 458. The van der Waals surface area contributed by atoms with Gasteiger partial charge in [0.2, 0.25) is 5.91 Å². The smallest absolute Gasteiger partial charge is 0.221 e. The van der Waals surface area contributed by atoms with E-state index in [1.54, 1.807) is 14.2 Å². The Morgan fingerprint density at radius 2 is 2.10 bits per heavy atom. The zero-order valence-corrected chi connectivity index (χ0v) is 12.1. The second kappa shape index (κ2) is 7.14. The van der Waals surface area contributed by atoms with Crippen LogP contribution in [0.4, 0.5) is 0 Å². The summed E-state index contributed by atoms with van der Waals surface area (Å²) in [7, 11) is 3.29. The lowest BCUT2D eigenvalue weighted by Crippen LogP contribution is -2.29. The zero-order valence-electron chi connectivity index (χ0n) is 12.1. The molecule has 0 spiro atoms. The molecular formula is C15H22N2O3. The highest BCUT2D eigenvalue weighted by Crippen LogP contribution is 2.23. The average Bonchev–Trinajstić information content (AvgIpc) is 3.27. The van der Waals surface area contributed by atoms with Crippen molar-refractivity contribution in [1.29, 1.82) is 0 Å². The first-order valence-electron chi connectivity index (χ1n) is 6.94. The van der Waals surface area contributed by atoms with Crippen LogP contribution in [0.25, 0.3) is 0 Å². The molecule has 0 radical (unpaired) electrons. The maximum atomic E-state index is 11.5. The van der Waals surface area contributed by atoms with E-state index in [4.69, 9.17) is 9.47 Å². The number of rotatable bonds is 8. The van der Waals surface area contributed by atoms with Crippen molar-refractivity contribution in [1.82, 2.24) is 10.6 Å². The molecule has 110 valence electrons. The summed E-state index contributed by atoms with van der Waals surface area (Å²) in [6.45, 7) is 1.30. The van der Waals surface area contributed by atoms with E-state index in [-0.39, 0.29) is 5.91 Å². The molecule has 0 unspecified atom stereocenters. The van der Waals surface area contributed by atoms with Gasteiger partial charge in [0.05, 0.1) is 14.2 Å². The average molecular weight is 278 g/mol. The number of carbonyl (C=O) groups is 1.